The van der Waals surface area contributed by atoms with E-state index < -0.39 is 11.8 Å². The van der Waals surface area contributed by atoms with Crippen LogP contribution in [-0.2, 0) is 16.0 Å². The molecule has 1 fully saturated rings. The summed E-state index contributed by atoms with van der Waals surface area (Å²) in [7, 11) is 0. The Morgan fingerprint density at radius 2 is 1.83 bits per heavy atom. The molecule has 1 saturated carbocycles. The Balaban J connectivity index is 1.65. The number of allylic oxidation sites excluding steroid dienone is 2. The van der Waals surface area contributed by atoms with Gasteiger partial charge in [0, 0.05) is 37.0 Å². The van der Waals surface area contributed by atoms with Gasteiger partial charge in [-0.25, -0.2) is 0 Å². The van der Waals surface area contributed by atoms with Crippen LogP contribution in [0.5, 0.6) is 5.75 Å². The van der Waals surface area contributed by atoms with Crippen molar-refractivity contribution in [2.24, 2.45) is 11.3 Å². The number of benzene rings is 1. The van der Waals surface area contributed by atoms with Crippen LogP contribution in [0.1, 0.15) is 79.7 Å². The van der Waals surface area contributed by atoms with Crippen LogP contribution in [0.2, 0.25) is 0 Å². The third kappa shape index (κ3) is 5.97. The highest BCUT2D eigenvalue weighted by molar-refractivity contribution is 5.70. The highest BCUT2D eigenvalue weighted by Crippen LogP contribution is 2.51. The standard InChI is InChI=1S/C30H43NO5/c1-19(2)31(23-10-11-23)17-21-15-22(16-25-27(21)36-29(5,6)18-28(25,3)4)30(7,34)35-24-12-8-20(9-13-24)14-26(32)33/h8-9,12-13,16,19,21,23,34H,10-11,14-15,17-18H2,1-7H3,(H,32,33). The lowest BCUT2D eigenvalue weighted by molar-refractivity contribution is -0.136. The predicted molar refractivity (Wildman–Crippen MR) is 141 cm³/mol. The first-order valence-electron chi connectivity index (χ1n) is 13.3. The van der Waals surface area contributed by atoms with E-state index in [4.69, 9.17) is 14.6 Å². The van der Waals surface area contributed by atoms with Crippen molar-refractivity contribution >= 4 is 5.97 Å². The SMILES string of the molecule is CC(C)N(CC1CC(C(C)(O)Oc2ccc(CC(=O)O)cc2)=CC2=C1OC(C)(C)CC2(C)C)C1CC1. The number of ether oxygens (including phenoxy) is 2. The number of carboxylic acids is 1. The average molecular weight is 498 g/mol. The van der Waals surface area contributed by atoms with E-state index in [2.05, 4.69) is 52.5 Å². The van der Waals surface area contributed by atoms with Crippen LogP contribution >= 0.6 is 0 Å². The number of carboxylic acid groups (broad SMARTS) is 1. The molecule has 4 rings (SSSR count). The molecule has 0 bridgehead atoms. The topological polar surface area (TPSA) is 79.2 Å². The molecule has 1 heterocycles. The number of carbonyl (C=O) groups is 1. The first-order chi connectivity index (χ1) is 16.7. The molecule has 36 heavy (non-hydrogen) atoms. The summed E-state index contributed by atoms with van der Waals surface area (Å²) in [5, 5.41) is 20.6. The maximum Gasteiger partial charge on any atom is 0.307 e. The Morgan fingerprint density at radius 1 is 1.19 bits per heavy atom. The van der Waals surface area contributed by atoms with Crippen LogP contribution in [0.25, 0.3) is 0 Å². The molecule has 2 N–H and O–H groups in total. The monoisotopic (exact) mass is 497 g/mol. The predicted octanol–water partition coefficient (Wildman–Crippen LogP) is 5.70. The summed E-state index contributed by atoms with van der Waals surface area (Å²) in [4.78, 5) is 13.6. The van der Waals surface area contributed by atoms with E-state index in [1.54, 1.807) is 31.2 Å². The fraction of sp³-hybridized carbons (Fsp3) is 0.633. The zero-order valence-electron chi connectivity index (χ0n) is 22.9. The molecule has 2 unspecified atom stereocenters. The quantitative estimate of drug-likeness (QED) is 0.426. The third-order valence-corrected chi connectivity index (χ3v) is 7.71. The minimum absolute atomic E-state index is 0.0424. The van der Waals surface area contributed by atoms with Crippen molar-refractivity contribution in [1.82, 2.24) is 4.90 Å². The first kappa shape index (κ1) is 26.7. The van der Waals surface area contributed by atoms with Gasteiger partial charge in [0.25, 0.3) is 0 Å². The van der Waals surface area contributed by atoms with Gasteiger partial charge in [0.2, 0.25) is 5.79 Å². The van der Waals surface area contributed by atoms with Crippen molar-refractivity contribution in [1.29, 1.82) is 0 Å². The molecule has 0 spiro atoms. The molecule has 2 atom stereocenters. The van der Waals surface area contributed by atoms with Gasteiger partial charge in [-0.05, 0) is 88.1 Å². The van der Waals surface area contributed by atoms with Crippen LogP contribution in [0, 0.1) is 11.3 Å². The van der Waals surface area contributed by atoms with E-state index in [9.17, 15) is 9.90 Å². The highest BCUT2D eigenvalue weighted by Gasteiger charge is 2.47. The van der Waals surface area contributed by atoms with Crippen molar-refractivity contribution < 1.29 is 24.5 Å². The van der Waals surface area contributed by atoms with Gasteiger partial charge in [-0.1, -0.05) is 26.0 Å². The van der Waals surface area contributed by atoms with Gasteiger partial charge >= 0.3 is 5.97 Å². The van der Waals surface area contributed by atoms with Gasteiger partial charge in [0.05, 0.1) is 6.42 Å². The fourth-order valence-electron chi connectivity index (χ4n) is 6.10. The smallest absolute Gasteiger partial charge is 0.307 e. The normalized spacial score (nSPS) is 24.6. The Labute approximate surface area is 216 Å². The molecule has 198 valence electrons. The second-order valence-corrected chi connectivity index (χ2v) is 12.6. The molecular formula is C30H43NO5. The summed E-state index contributed by atoms with van der Waals surface area (Å²) in [5.74, 6) is -0.667. The number of nitrogens with zero attached hydrogens (tertiary/aromatic N) is 1. The Hall–Kier alpha value is -2.31. The van der Waals surface area contributed by atoms with Crippen molar-refractivity contribution in [3.8, 4) is 5.75 Å². The first-order valence-corrected chi connectivity index (χ1v) is 13.3. The lowest BCUT2D eigenvalue weighted by Gasteiger charge is -2.48. The Bertz CT molecular complexity index is 1040. The zero-order chi connectivity index (χ0) is 26.5. The highest BCUT2D eigenvalue weighted by atomic mass is 16.6. The maximum absolute atomic E-state index is 11.6. The molecule has 0 amide bonds. The fourth-order valence-corrected chi connectivity index (χ4v) is 6.10. The van der Waals surface area contributed by atoms with Crippen LogP contribution < -0.4 is 4.74 Å². The minimum atomic E-state index is -1.50. The van der Waals surface area contributed by atoms with Crippen molar-refractivity contribution in [3.63, 3.8) is 0 Å². The van der Waals surface area contributed by atoms with Gasteiger partial charge in [0.15, 0.2) is 0 Å². The zero-order valence-corrected chi connectivity index (χ0v) is 22.9. The van der Waals surface area contributed by atoms with Crippen LogP contribution in [-0.4, -0.2) is 51.1 Å². The van der Waals surface area contributed by atoms with E-state index in [1.807, 2.05) is 0 Å². The van der Waals surface area contributed by atoms with Crippen molar-refractivity contribution in [3.05, 3.63) is 52.8 Å². The molecule has 3 aliphatic rings. The van der Waals surface area contributed by atoms with Crippen molar-refractivity contribution in [2.75, 3.05) is 6.54 Å². The summed E-state index contributed by atoms with van der Waals surface area (Å²) < 4.78 is 12.8. The van der Waals surface area contributed by atoms with Crippen LogP contribution in [0.15, 0.2) is 47.2 Å². The number of aliphatic hydroxyl groups is 1. The second kappa shape index (κ2) is 9.53. The van der Waals surface area contributed by atoms with Crippen molar-refractivity contribution in [2.45, 2.75) is 104 Å². The molecule has 1 aromatic rings. The van der Waals surface area contributed by atoms with Gasteiger partial charge < -0.3 is 19.7 Å². The van der Waals surface area contributed by atoms with Gasteiger partial charge in [0.1, 0.15) is 17.1 Å². The van der Waals surface area contributed by atoms with Crippen LogP contribution in [0.4, 0.5) is 0 Å². The number of rotatable bonds is 9. The van der Waals surface area contributed by atoms with Gasteiger partial charge in [-0.15, -0.1) is 0 Å². The van der Waals surface area contributed by atoms with Crippen LogP contribution in [0.3, 0.4) is 0 Å². The summed E-state index contributed by atoms with van der Waals surface area (Å²) in [6.45, 7) is 16.0. The second-order valence-electron chi connectivity index (χ2n) is 12.6. The minimum Gasteiger partial charge on any atom is -0.492 e. The molecule has 1 aromatic carbocycles. The van der Waals surface area contributed by atoms with E-state index in [0.29, 0.717) is 29.8 Å². The average Bonchev–Trinajstić information content (AvgIpc) is 3.56. The molecular weight excluding hydrogens is 454 g/mol. The lowest BCUT2D eigenvalue weighted by atomic mass is 9.68. The van der Waals surface area contributed by atoms with E-state index in [-0.39, 0.29) is 23.4 Å². The summed E-state index contributed by atoms with van der Waals surface area (Å²) >= 11 is 0. The Kier molecular flexibility index (Phi) is 7.08. The van der Waals surface area contributed by atoms with Gasteiger partial charge in [-0.2, -0.15) is 0 Å². The van der Waals surface area contributed by atoms with Gasteiger partial charge in [-0.3, -0.25) is 9.69 Å². The van der Waals surface area contributed by atoms with E-state index in [1.165, 1.54) is 12.8 Å². The number of hydrogen-bond acceptors (Lipinski definition) is 5. The summed E-state index contributed by atoms with van der Waals surface area (Å²) in [6.07, 6.45) is 6.10. The molecule has 0 aromatic heterocycles. The molecule has 0 radical (unpaired) electrons. The molecule has 1 aliphatic heterocycles. The molecule has 6 heteroatoms. The molecule has 6 nitrogen and oxygen atoms in total. The summed E-state index contributed by atoms with van der Waals surface area (Å²) in [6, 6.07) is 7.99. The largest absolute Gasteiger partial charge is 0.492 e. The molecule has 0 saturated heterocycles. The number of aliphatic carboxylic acids is 1. The molecule has 2 aliphatic carbocycles. The van der Waals surface area contributed by atoms with E-state index in [0.717, 1.165) is 29.9 Å². The Morgan fingerprint density at radius 3 is 2.39 bits per heavy atom. The third-order valence-electron chi connectivity index (χ3n) is 7.71. The van der Waals surface area contributed by atoms with E-state index >= 15 is 0 Å². The summed E-state index contributed by atoms with van der Waals surface area (Å²) in [5.41, 5.74) is 2.35. The maximum atomic E-state index is 11.6. The lowest BCUT2D eigenvalue weighted by Crippen LogP contribution is -2.46. The number of hydrogen-bond donors (Lipinski definition) is 2.